The molecule has 1 fully saturated rings. The molecule has 22 heavy (non-hydrogen) atoms. The van der Waals surface area contributed by atoms with Crippen molar-refractivity contribution in [3.8, 4) is 5.75 Å². The summed E-state index contributed by atoms with van der Waals surface area (Å²) in [7, 11) is 1.35. The zero-order valence-corrected chi connectivity index (χ0v) is 12.3. The Hall–Kier alpha value is -2.56. The van der Waals surface area contributed by atoms with Gasteiger partial charge in [0.2, 0.25) is 5.91 Å². The number of hydrogen-bond donors (Lipinski definition) is 1. The minimum absolute atomic E-state index is 0.0414. The van der Waals surface area contributed by atoms with E-state index in [-0.39, 0.29) is 11.8 Å². The Morgan fingerprint density at radius 2 is 2.09 bits per heavy atom. The molecule has 114 valence electrons. The van der Waals surface area contributed by atoms with Gasteiger partial charge in [0.1, 0.15) is 11.3 Å². The van der Waals surface area contributed by atoms with E-state index in [2.05, 4.69) is 5.32 Å². The Labute approximate surface area is 128 Å². The van der Waals surface area contributed by atoms with Gasteiger partial charge in [-0.3, -0.25) is 4.79 Å². The topological polar surface area (TPSA) is 64.6 Å². The summed E-state index contributed by atoms with van der Waals surface area (Å²) in [4.78, 5) is 23.2. The fourth-order valence-corrected chi connectivity index (χ4v) is 2.65. The fourth-order valence-electron chi connectivity index (χ4n) is 2.65. The van der Waals surface area contributed by atoms with Crippen LogP contribution in [0.3, 0.4) is 0 Å². The first kappa shape index (κ1) is 14.4. The molecule has 3 rings (SSSR count). The monoisotopic (exact) mass is 299 g/mol. The van der Waals surface area contributed by atoms with Crippen LogP contribution in [-0.2, 0) is 9.53 Å². The van der Waals surface area contributed by atoms with Gasteiger partial charge < -0.3 is 14.8 Å². The maximum absolute atomic E-state index is 12.0. The van der Waals surface area contributed by atoms with Crippen molar-refractivity contribution >= 4 is 22.6 Å². The van der Waals surface area contributed by atoms with Crippen molar-refractivity contribution in [1.82, 2.24) is 5.32 Å². The lowest BCUT2D eigenvalue weighted by atomic mass is 10.0. The van der Waals surface area contributed by atoms with Gasteiger partial charge in [-0.15, -0.1) is 0 Å². The van der Waals surface area contributed by atoms with Gasteiger partial charge in [0.15, 0.2) is 0 Å². The second-order valence-corrected chi connectivity index (χ2v) is 5.34. The Morgan fingerprint density at radius 3 is 2.82 bits per heavy atom. The number of methoxy groups -OCH3 is 1. The molecule has 0 aliphatic carbocycles. The Morgan fingerprint density at radius 1 is 1.27 bits per heavy atom. The summed E-state index contributed by atoms with van der Waals surface area (Å²) in [5, 5.41) is 4.64. The molecule has 0 radical (unpaired) electrons. The highest BCUT2D eigenvalue weighted by Crippen LogP contribution is 2.31. The molecule has 1 heterocycles. The van der Waals surface area contributed by atoms with Gasteiger partial charge in [0.25, 0.3) is 0 Å². The van der Waals surface area contributed by atoms with Crippen LogP contribution in [0.1, 0.15) is 16.8 Å². The molecule has 1 aliphatic heterocycles. The molecule has 0 saturated carbocycles. The number of esters is 1. The first-order valence-corrected chi connectivity index (χ1v) is 7.18. The molecule has 0 aromatic heterocycles. The molecule has 1 saturated heterocycles. The number of amides is 1. The Bertz CT molecular complexity index is 726. The number of fused-ring (bicyclic) bond motifs is 1. The van der Waals surface area contributed by atoms with E-state index in [1.54, 1.807) is 6.07 Å². The highest BCUT2D eigenvalue weighted by atomic mass is 16.5. The van der Waals surface area contributed by atoms with Crippen LogP contribution < -0.4 is 10.1 Å². The highest BCUT2D eigenvalue weighted by molar-refractivity contribution is 6.01. The van der Waals surface area contributed by atoms with Crippen LogP contribution in [-0.4, -0.2) is 32.1 Å². The molecule has 1 unspecified atom stereocenters. The maximum Gasteiger partial charge on any atom is 0.341 e. The minimum atomic E-state index is -0.429. The third-order valence-electron chi connectivity index (χ3n) is 3.81. The van der Waals surface area contributed by atoms with E-state index in [1.165, 1.54) is 7.11 Å². The number of rotatable bonds is 4. The molecule has 1 atom stereocenters. The van der Waals surface area contributed by atoms with Gasteiger partial charge in [-0.2, -0.15) is 0 Å². The largest absolute Gasteiger partial charge is 0.492 e. The van der Waals surface area contributed by atoms with Gasteiger partial charge in [-0.1, -0.05) is 30.3 Å². The Balaban J connectivity index is 1.93. The van der Waals surface area contributed by atoms with E-state index < -0.39 is 5.97 Å². The zero-order chi connectivity index (χ0) is 15.5. The van der Waals surface area contributed by atoms with Gasteiger partial charge >= 0.3 is 5.97 Å². The highest BCUT2D eigenvalue weighted by Gasteiger charge is 2.23. The standard InChI is InChI=1S/C17H17NO4/c1-21-17(20)14-7-6-12-4-2-3-5-13(12)16(14)22-10-11-8-15(19)18-9-11/h2-7,11H,8-10H2,1H3,(H,18,19). The summed E-state index contributed by atoms with van der Waals surface area (Å²) >= 11 is 0. The normalized spacial score (nSPS) is 17.3. The summed E-state index contributed by atoms with van der Waals surface area (Å²) in [6.07, 6.45) is 0.457. The van der Waals surface area contributed by atoms with Crippen LogP contribution >= 0.6 is 0 Å². The van der Waals surface area contributed by atoms with Crippen molar-refractivity contribution in [2.24, 2.45) is 5.92 Å². The lowest BCUT2D eigenvalue weighted by molar-refractivity contribution is -0.119. The van der Waals surface area contributed by atoms with E-state index in [0.717, 1.165) is 10.8 Å². The van der Waals surface area contributed by atoms with Gasteiger partial charge in [-0.05, 0) is 11.5 Å². The summed E-state index contributed by atoms with van der Waals surface area (Å²) in [5.74, 6) is 0.252. The van der Waals surface area contributed by atoms with Crippen molar-refractivity contribution in [3.05, 3.63) is 42.0 Å². The Kier molecular flexibility index (Phi) is 3.96. The van der Waals surface area contributed by atoms with Crippen LogP contribution in [0.4, 0.5) is 0 Å². The molecule has 1 aliphatic rings. The van der Waals surface area contributed by atoms with Crippen LogP contribution in [0.15, 0.2) is 36.4 Å². The van der Waals surface area contributed by atoms with Gasteiger partial charge in [0, 0.05) is 24.3 Å². The van der Waals surface area contributed by atoms with E-state index in [4.69, 9.17) is 9.47 Å². The molecule has 5 heteroatoms. The number of ether oxygens (including phenoxy) is 2. The number of benzene rings is 2. The zero-order valence-electron chi connectivity index (χ0n) is 12.3. The SMILES string of the molecule is COC(=O)c1ccc2ccccc2c1OCC1CNC(=O)C1. The lowest BCUT2D eigenvalue weighted by Crippen LogP contribution is -2.17. The van der Waals surface area contributed by atoms with Crippen molar-refractivity contribution in [2.75, 3.05) is 20.3 Å². The molecule has 1 N–H and O–H groups in total. The minimum Gasteiger partial charge on any atom is -0.492 e. The molecule has 5 nitrogen and oxygen atoms in total. The number of carbonyl (C=O) groups excluding carboxylic acids is 2. The fraction of sp³-hybridized carbons (Fsp3) is 0.294. The second-order valence-electron chi connectivity index (χ2n) is 5.34. The van der Waals surface area contributed by atoms with Crippen molar-refractivity contribution < 1.29 is 19.1 Å². The van der Waals surface area contributed by atoms with E-state index in [9.17, 15) is 9.59 Å². The number of nitrogens with one attached hydrogen (secondary N) is 1. The predicted octanol–water partition coefficient (Wildman–Crippen LogP) is 2.14. The molecule has 0 spiro atoms. The van der Waals surface area contributed by atoms with Crippen LogP contribution in [0.5, 0.6) is 5.75 Å². The summed E-state index contributed by atoms with van der Waals surface area (Å²) in [6, 6.07) is 11.3. The number of carbonyl (C=O) groups is 2. The quantitative estimate of drug-likeness (QED) is 0.879. The van der Waals surface area contributed by atoms with Crippen molar-refractivity contribution in [3.63, 3.8) is 0 Å². The molecular formula is C17H17NO4. The van der Waals surface area contributed by atoms with E-state index in [1.807, 2.05) is 30.3 Å². The van der Waals surface area contributed by atoms with Gasteiger partial charge in [-0.25, -0.2) is 4.79 Å². The smallest absolute Gasteiger partial charge is 0.341 e. The molecular weight excluding hydrogens is 282 g/mol. The van der Waals surface area contributed by atoms with Crippen LogP contribution in [0, 0.1) is 5.92 Å². The summed E-state index contributed by atoms with van der Waals surface area (Å²) in [5.41, 5.74) is 0.401. The van der Waals surface area contributed by atoms with Crippen LogP contribution in [0.25, 0.3) is 10.8 Å². The third-order valence-corrected chi connectivity index (χ3v) is 3.81. The molecule has 2 aromatic rings. The lowest BCUT2D eigenvalue weighted by Gasteiger charge is -2.15. The summed E-state index contributed by atoms with van der Waals surface area (Å²) < 4.78 is 10.7. The third kappa shape index (κ3) is 2.74. The van der Waals surface area contributed by atoms with Crippen molar-refractivity contribution in [1.29, 1.82) is 0 Å². The number of hydrogen-bond acceptors (Lipinski definition) is 4. The van der Waals surface area contributed by atoms with E-state index in [0.29, 0.717) is 30.9 Å². The summed E-state index contributed by atoms with van der Waals surface area (Å²) in [6.45, 7) is 0.994. The first-order valence-electron chi connectivity index (χ1n) is 7.18. The maximum atomic E-state index is 12.0. The molecule has 1 amide bonds. The molecule has 0 bridgehead atoms. The second kappa shape index (κ2) is 6.05. The average molecular weight is 299 g/mol. The first-order chi connectivity index (χ1) is 10.7. The van der Waals surface area contributed by atoms with E-state index >= 15 is 0 Å². The average Bonchev–Trinajstić information content (AvgIpc) is 2.97. The van der Waals surface area contributed by atoms with Crippen molar-refractivity contribution in [2.45, 2.75) is 6.42 Å². The van der Waals surface area contributed by atoms with Gasteiger partial charge in [0.05, 0.1) is 13.7 Å². The molecule has 2 aromatic carbocycles. The van der Waals surface area contributed by atoms with Crippen LogP contribution in [0.2, 0.25) is 0 Å². The predicted molar refractivity (Wildman–Crippen MR) is 81.9 cm³/mol.